The van der Waals surface area contributed by atoms with Crippen molar-refractivity contribution in [3.05, 3.63) is 59.3 Å². The highest BCUT2D eigenvalue weighted by Gasteiger charge is 2.20. The summed E-state index contributed by atoms with van der Waals surface area (Å²) in [4.78, 5) is 16.4. The van der Waals surface area contributed by atoms with Crippen LogP contribution in [0.5, 0.6) is 0 Å². The van der Waals surface area contributed by atoms with Gasteiger partial charge in [0, 0.05) is 11.8 Å². The van der Waals surface area contributed by atoms with E-state index in [1.165, 1.54) is 6.20 Å². The van der Waals surface area contributed by atoms with E-state index in [1.807, 2.05) is 43.3 Å². The molecule has 0 unspecified atom stereocenters. The second-order valence-corrected chi connectivity index (χ2v) is 5.62. The third-order valence-electron chi connectivity index (χ3n) is 4.09. The van der Waals surface area contributed by atoms with Crippen molar-refractivity contribution in [1.82, 2.24) is 4.98 Å². The van der Waals surface area contributed by atoms with Crippen LogP contribution in [-0.4, -0.2) is 17.6 Å². The average molecular weight is 331 g/mol. The van der Waals surface area contributed by atoms with E-state index in [0.29, 0.717) is 5.69 Å². The quantitative estimate of drug-likeness (QED) is 0.737. The number of rotatable bonds is 3. The number of pyridine rings is 1. The first-order valence-corrected chi connectivity index (χ1v) is 7.92. The average Bonchev–Trinajstić information content (AvgIpc) is 2.61. The van der Waals surface area contributed by atoms with Crippen LogP contribution in [0, 0.1) is 18.3 Å². The molecule has 0 amide bonds. The number of nitrogens with zero attached hydrogens (tertiary/aromatic N) is 2. The van der Waals surface area contributed by atoms with Gasteiger partial charge in [0.05, 0.1) is 18.0 Å². The zero-order valence-corrected chi connectivity index (χ0v) is 14.0. The molecule has 25 heavy (non-hydrogen) atoms. The molecular weight excluding hydrogens is 314 g/mol. The Labute approximate surface area is 145 Å². The summed E-state index contributed by atoms with van der Waals surface area (Å²) in [6.45, 7) is 3.94. The van der Waals surface area contributed by atoms with Crippen molar-refractivity contribution < 1.29 is 9.53 Å². The van der Waals surface area contributed by atoms with Crippen LogP contribution in [0.25, 0.3) is 22.0 Å². The summed E-state index contributed by atoms with van der Waals surface area (Å²) in [5, 5.41) is 11.7. The van der Waals surface area contributed by atoms with Gasteiger partial charge in [-0.2, -0.15) is 5.26 Å². The molecule has 5 nitrogen and oxygen atoms in total. The van der Waals surface area contributed by atoms with E-state index in [9.17, 15) is 10.1 Å². The van der Waals surface area contributed by atoms with Gasteiger partial charge in [0.1, 0.15) is 17.2 Å². The maximum Gasteiger partial charge on any atom is 0.341 e. The Balaban J connectivity index is 2.28. The van der Waals surface area contributed by atoms with Gasteiger partial charge in [-0.3, -0.25) is 4.98 Å². The molecule has 0 bridgehead atoms. The van der Waals surface area contributed by atoms with Gasteiger partial charge in [0.15, 0.2) is 0 Å². The second kappa shape index (κ2) is 6.62. The van der Waals surface area contributed by atoms with Crippen LogP contribution in [0.4, 0.5) is 5.69 Å². The number of carbonyl (C=O) groups is 1. The number of hydrogen-bond donors (Lipinski definition) is 1. The maximum atomic E-state index is 12.0. The van der Waals surface area contributed by atoms with E-state index in [2.05, 4.69) is 11.1 Å². The molecule has 0 aliphatic heterocycles. The largest absolute Gasteiger partial charge is 0.462 e. The standard InChI is InChI=1S/C20H17N3O2/c1-3-25-20(24)16-11-23-19(15(10-21)18(16)22)14-9-5-8-13-7-4-6-12(2)17(13)14/h4-9,11H,3H2,1-2H3,(H2,22,23). The monoisotopic (exact) mass is 331 g/mol. The molecule has 1 heterocycles. The van der Waals surface area contributed by atoms with Crippen LogP contribution < -0.4 is 5.73 Å². The number of nitrogen functional groups attached to an aromatic ring is 1. The Morgan fingerprint density at radius 2 is 2.00 bits per heavy atom. The minimum Gasteiger partial charge on any atom is -0.462 e. The van der Waals surface area contributed by atoms with Gasteiger partial charge >= 0.3 is 5.97 Å². The molecule has 2 aromatic carbocycles. The van der Waals surface area contributed by atoms with Crippen molar-refractivity contribution in [3.63, 3.8) is 0 Å². The number of esters is 1. The Morgan fingerprint density at radius 3 is 2.68 bits per heavy atom. The topological polar surface area (TPSA) is 89.0 Å². The van der Waals surface area contributed by atoms with Gasteiger partial charge in [-0.15, -0.1) is 0 Å². The molecule has 0 aliphatic rings. The molecule has 0 aliphatic carbocycles. The second-order valence-electron chi connectivity index (χ2n) is 5.62. The molecule has 3 aromatic rings. The fraction of sp³-hybridized carbons (Fsp3) is 0.150. The highest BCUT2D eigenvalue weighted by Crippen LogP contribution is 2.34. The summed E-state index contributed by atoms with van der Waals surface area (Å²) in [6.07, 6.45) is 1.38. The summed E-state index contributed by atoms with van der Waals surface area (Å²) in [5.74, 6) is -0.579. The van der Waals surface area contributed by atoms with Crippen molar-refractivity contribution >= 4 is 22.4 Å². The van der Waals surface area contributed by atoms with E-state index in [0.717, 1.165) is 21.9 Å². The molecule has 124 valence electrons. The number of hydrogen-bond acceptors (Lipinski definition) is 5. The highest BCUT2D eigenvalue weighted by atomic mass is 16.5. The molecule has 0 spiro atoms. The number of aromatic nitrogens is 1. The van der Waals surface area contributed by atoms with Gasteiger partial charge in [-0.05, 0) is 30.2 Å². The number of benzene rings is 2. The summed E-state index contributed by atoms with van der Waals surface area (Å²) >= 11 is 0. The first kappa shape index (κ1) is 16.5. The number of anilines is 1. The lowest BCUT2D eigenvalue weighted by molar-refractivity contribution is 0.0527. The predicted octanol–water partition coefficient (Wildman–Crippen LogP) is 3.84. The Morgan fingerprint density at radius 1 is 1.28 bits per heavy atom. The lowest BCUT2D eigenvalue weighted by Crippen LogP contribution is -2.11. The summed E-state index contributed by atoms with van der Waals surface area (Å²) in [6, 6.07) is 13.9. The smallest absolute Gasteiger partial charge is 0.341 e. The van der Waals surface area contributed by atoms with Gasteiger partial charge in [-0.25, -0.2) is 4.79 Å². The van der Waals surface area contributed by atoms with E-state index in [1.54, 1.807) is 6.92 Å². The number of nitriles is 1. The number of carbonyl (C=O) groups excluding carboxylic acids is 1. The van der Waals surface area contributed by atoms with E-state index in [-0.39, 0.29) is 23.4 Å². The minimum atomic E-state index is -0.579. The van der Waals surface area contributed by atoms with Gasteiger partial charge in [0.2, 0.25) is 0 Å². The fourth-order valence-corrected chi connectivity index (χ4v) is 2.94. The van der Waals surface area contributed by atoms with Crippen LogP contribution in [-0.2, 0) is 4.74 Å². The lowest BCUT2D eigenvalue weighted by Gasteiger charge is -2.13. The van der Waals surface area contributed by atoms with Crippen LogP contribution in [0.2, 0.25) is 0 Å². The van der Waals surface area contributed by atoms with Crippen molar-refractivity contribution in [2.45, 2.75) is 13.8 Å². The van der Waals surface area contributed by atoms with Crippen molar-refractivity contribution in [1.29, 1.82) is 5.26 Å². The molecule has 0 fully saturated rings. The van der Waals surface area contributed by atoms with Gasteiger partial charge in [-0.1, -0.05) is 36.4 Å². The van der Waals surface area contributed by atoms with E-state index in [4.69, 9.17) is 10.5 Å². The van der Waals surface area contributed by atoms with Crippen molar-refractivity contribution in [2.75, 3.05) is 12.3 Å². The molecular formula is C20H17N3O2. The molecule has 0 saturated heterocycles. The van der Waals surface area contributed by atoms with Gasteiger partial charge in [0.25, 0.3) is 0 Å². The molecule has 0 atom stereocenters. The molecule has 0 saturated carbocycles. The lowest BCUT2D eigenvalue weighted by atomic mass is 9.95. The molecule has 3 rings (SSSR count). The molecule has 2 N–H and O–H groups in total. The number of aryl methyl sites for hydroxylation is 1. The van der Waals surface area contributed by atoms with Crippen LogP contribution >= 0.6 is 0 Å². The Hall–Kier alpha value is -3.39. The number of ether oxygens (including phenoxy) is 1. The van der Waals surface area contributed by atoms with Crippen molar-refractivity contribution in [2.24, 2.45) is 0 Å². The van der Waals surface area contributed by atoms with Crippen LogP contribution in [0.15, 0.2) is 42.6 Å². The molecule has 1 aromatic heterocycles. The maximum absolute atomic E-state index is 12.0. The van der Waals surface area contributed by atoms with E-state index < -0.39 is 5.97 Å². The first-order chi connectivity index (χ1) is 12.1. The SMILES string of the molecule is CCOC(=O)c1cnc(-c2cccc3cccc(C)c23)c(C#N)c1N. The summed E-state index contributed by atoms with van der Waals surface area (Å²) in [5.41, 5.74) is 8.82. The number of nitrogens with two attached hydrogens (primary N) is 1. The van der Waals surface area contributed by atoms with Crippen molar-refractivity contribution in [3.8, 4) is 17.3 Å². The zero-order valence-electron chi connectivity index (χ0n) is 14.0. The van der Waals surface area contributed by atoms with Gasteiger partial charge < -0.3 is 10.5 Å². The van der Waals surface area contributed by atoms with Crippen LogP contribution in [0.1, 0.15) is 28.4 Å². The van der Waals surface area contributed by atoms with E-state index >= 15 is 0 Å². The third kappa shape index (κ3) is 2.79. The molecule has 5 heteroatoms. The Bertz CT molecular complexity index is 1010. The fourth-order valence-electron chi connectivity index (χ4n) is 2.94. The highest BCUT2D eigenvalue weighted by molar-refractivity contribution is 6.02. The summed E-state index contributed by atoms with van der Waals surface area (Å²) < 4.78 is 4.97. The third-order valence-corrected chi connectivity index (χ3v) is 4.09. The predicted molar refractivity (Wildman–Crippen MR) is 97.0 cm³/mol. The molecule has 0 radical (unpaired) electrons. The van der Waals surface area contributed by atoms with Crippen LogP contribution in [0.3, 0.4) is 0 Å². The first-order valence-electron chi connectivity index (χ1n) is 7.92. The minimum absolute atomic E-state index is 0.0940. The normalized spacial score (nSPS) is 10.4. The zero-order chi connectivity index (χ0) is 18.0. The summed E-state index contributed by atoms with van der Waals surface area (Å²) in [7, 11) is 0. The number of fused-ring (bicyclic) bond motifs is 1. The Kier molecular flexibility index (Phi) is 4.36.